The van der Waals surface area contributed by atoms with E-state index in [2.05, 4.69) is 0 Å². The van der Waals surface area contributed by atoms with Crippen molar-refractivity contribution in [3.05, 3.63) is 64.7 Å². The van der Waals surface area contributed by atoms with Crippen molar-refractivity contribution in [2.45, 2.75) is 39.2 Å². The van der Waals surface area contributed by atoms with E-state index in [-0.39, 0.29) is 29.9 Å². The number of aliphatic hydroxyl groups excluding tert-OH is 1. The second-order valence-electron chi connectivity index (χ2n) is 9.15. The highest BCUT2D eigenvalue weighted by Crippen LogP contribution is 2.41. The molecule has 0 spiro atoms. The second-order valence-corrected chi connectivity index (χ2v) is 9.15. The van der Waals surface area contributed by atoms with Gasteiger partial charge in [-0.25, -0.2) is 0 Å². The highest BCUT2D eigenvalue weighted by Gasteiger charge is 2.46. The van der Waals surface area contributed by atoms with Crippen LogP contribution in [0.25, 0.3) is 5.76 Å². The number of methoxy groups -OCH3 is 2. The van der Waals surface area contributed by atoms with Gasteiger partial charge >= 0.3 is 0 Å². The number of carbonyl (C=O) groups is 2. The Bertz CT molecular complexity index is 1080. The summed E-state index contributed by atoms with van der Waals surface area (Å²) >= 11 is 0. The van der Waals surface area contributed by atoms with E-state index in [1.807, 2.05) is 45.9 Å². The predicted octanol–water partition coefficient (Wildman–Crippen LogP) is 4.46. The van der Waals surface area contributed by atoms with Gasteiger partial charge in [-0.2, -0.15) is 0 Å². The molecule has 7 nitrogen and oxygen atoms in total. The number of nitrogens with zero attached hydrogens (tertiary/aromatic N) is 1. The van der Waals surface area contributed by atoms with Crippen molar-refractivity contribution in [1.29, 1.82) is 0 Å². The first-order valence-electron chi connectivity index (χ1n) is 11.3. The Morgan fingerprint density at radius 3 is 2.29 bits per heavy atom. The SMILES string of the molecule is CCOc1ccc(C2/C(=C(/O)c3ccc(OC)c(C(C)(C)C)c3)C(=O)C(=O)N2CCOC)cc1. The van der Waals surface area contributed by atoms with Crippen molar-refractivity contribution in [2.75, 3.05) is 34.0 Å². The summed E-state index contributed by atoms with van der Waals surface area (Å²) < 4.78 is 16.2. The lowest BCUT2D eigenvalue weighted by atomic mass is 9.84. The highest BCUT2D eigenvalue weighted by atomic mass is 16.5. The second kappa shape index (κ2) is 10.3. The molecule has 2 aromatic rings. The van der Waals surface area contributed by atoms with Gasteiger partial charge in [0, 0.05) is 24.8 Å². The normalized spacial score (nSPS) is 17.8. The molecule has 1 atom stereocenters. The van der Waals surface area contributed by atoms with E-state index in [0.29, 0.717) is 29.2 Å². The molecule has 1 amide bonds. The van der Waals surface area contributed by atoms with Gasteiger partial charge in [0.1, 0.15) is 17.3 Å². The highest BCUT2D eigenvalue weighted by molar-refractivity contribution is 6.46. The number of ketones is 1. The van der Waals surface area contributed by atoms with E-state index in [1.54, 1.807) is 31.4 Å². The summed E-state index contributed by atoms with van der Waals surface area (Å²) in [7, 11) is 3.13. The Morgan fingerprint density at radius 2 is 1.74 bits per heavy atom. The molecule has 1 aliphatic heterocycles. The Hall–Kier alpha value is -3.32. The van der Waals surface area contributed by atoms with E-state index < -0.39 is 17.7 Å². The number of ether oxygens (including phenoxy) is 3. The molecule has 7 heteroatoms. The van der Waals surface area contributed by atoms with Gasteiger partial charge < -0.3 is 24.2 Å². The predicted molar refractivity (Wildman–Crippen MR) is 130 cm³/mol. The Kier molecular flexibility index (Phi) is 7.67. The number of Topliss-reactive ketones (excluding diaryl/α,β-unsaturated/α-hetero) is 1. The molecule has 34 heavy (non-hydrogen) atoms. The number of benzene rings is 2. The fraction of sp³-hybridized carbons (Fsp3) is 0.407. The number of carbonyl (C=O) groups excluding carboxylic acids is 2. The van der Waals surface area contributed by atoms with Crippen LogP contribution in [-0.4, -0.2) is 55.7 Å². The molecule has 0 bridgehead atoms. The third-order valence-electron chi connectivity index (χ3n) is 5.86. The smallest absolute Gasteiger partial charge is 0.295 e. The zero-order valence-electron chi connectivity index (χ0n) is 20.7. The Morgan fingerprint density at radius 1 is 1.06 bits per heavy atom. The fourth-order valence-corrected chi connectivity index (χ4v) is 4.16. The van der Waals surface area contributed by atoms with Crippen LogP contribution in [0.1, 0.15) is 50.4 Å². The van der Waals surface area contributed by atoms with E-state index >= 15 is 0 Å². The minimum Gasteiger partial charge on any atom is -0.507 e. The van der Waals surface area contributed by atoms with E-state index in [9.17, 15) is 14.7 Å². The molecule has 2 aromatic carbocycles. The average molecular weight is 468 g/mol. The van der Waals surface area contributed by atoms with Crippen molar-refractivity contribution in [3.8, 4) is 11.5 Å². The van der Waals surface area contributed by atoms with E-state index in [1.165, 1.54) is 12.0 Å². The lowest BCUT2D eigenvalue weighted by Crippen LogP contribution is -2.32. The number of rotatable bonds is 8. The summed E-state index contributed by atoms with van der Waals surface area (Å²) in [4.78, 5) is 27.6. The first-order valence-corrected chi connectivity index (χ1v) is 11.3. The van der Waals surface area contributed by atoms with Gasteiger partial charge in [0.25, 0.3) is 11.7 Å². The maximum absolute atomic E-state index is 13.2. The number of aliphatic hydroxyl groups is 1. The molecule has 1 heterocycles. The topological polar surface area (TPSA) is 85.3 Å². The first kappa shape index (κ1) is 25.3. The number of amides is 1. The summed E-state index contributed by atoms with van der Waals surface area (Å²) in [6, 6.07) is 11.7. The van der Waals surface area contributed by atoms with Crippen LogP contribution in [0.4, 0.5) is 0 Å². The van der Waals surface area contributed by atoms with Crippen LogP contribution in [0.2, 0.25) is 0 Å². The molecule has 1 fully saturated rings. The minimum absolute atomic E-state index is 0.0512. The third-order valence-corrected chi connectivity index (χ3v) is 5.86. The molecule has 0 saturated carbocycles. The molecule has 1 aliphatic rings. The van der Waals surface area contributed by atoms with Gasteiger partial charge in [0.2, 0.25) is 0 Å². The maximum atomic E-state index is 13.2. The van der Waals surface area contributed by atoms with Crippen LogP contribution in [0.15, 0.2) is 48.0 Å². The van der Waals surface area contributed by atoms with Crippen LogP contribution in [0.3, 0.4) is 0 Å². The zero-order chi connectivity index (χ0) is 25.0. The summed E-state index contributed by atoms with van der Waals surface area (Å²) in [6.45, 7) is 9.02. The maximum Gasteiger partial charge on any atom is 0.295 e. The number of hydrogen-bond donors (Lipinski definition) is 1. The largest absolute Gasteiger partial charge is 0.507 e. The van der Waals surface area contributed by atoms with Crippen LogP contribution >= 0.6 is 0 Å². The van der Waals surface area contributed by atoms with Crippen molar-refractivity contribution in [1.82, 2.24) is 4.90 Å². The lowest BCUT2D eigenvalue weighted by molar-refractivity contribution is -0.140. The monoisotopic (exact) mass is 467 g/mol. The summed E-state index contributed by atoms with van der Waals surface area (Å²) in [6.07, 6.45) is 0. The molecule has 182 valence electrons. The van der Waals surface area contributed by atoms with Crippen molar-refractivity contribution in [2.24, 2.45) is 0 Å². The van der Waals surface area contributed by atoms with Gasteiger partial charge in [-0.1, -0.05) is 32.9 Å². The molecule has 0 aromatic heterocycles. The zero-order valence-corrected chi connectivity index (χ0v) is 20.7. The van der Waals surface area contributed by atoms with Crippen LogP contribution in [0, 0.1) is 0 Å². The first-order chi connectivity index (χ1) is 16.1. The molecular weight excluding hydrogens is 434 g/mol. The average Bonchev–Trinajstić information content (AvgIpc) is 3.06. The van der Waals surface area contributed by atoms with Gasteiger partial charge in [0.15, 0.2) is 0 Å². The minimum atomic E-state index is -0.744. The molecule has 1 saturated heterocycles. The molecule has 3 rings (SSSR count). The molecule has 1 unspecified atom stereocenters. The van der Waals surface area contributed by atoms with Gasteiger partial charge in [-0.05, 0) is 48.2 Å². The van der Waals surface area contributed by atoms with Crippen molar-refractivity contribution < 1.29 is 28.9 Å². The van der Waals surface area contributed by atoms with Crippen molar-refractivity contribution in [3.63, 3.8) is 0 Å². The van der Waals surface area contributed by atoms with Crippen LogP contribution < -0.4 is 9.47 Å². The summed E-state index contributed by atoms with van der Waals surface area (Å²) in [5.74, 6) is -0.231. The van der Waals surface area contributed by atoms with Crippen molar-refractivity contribution >= 4 is 17.4 Å². The summed E-state index contributed by atoms with van der Waals surface area (Å²) in [5, 5.41) is 11.4. The Balaban J connectivity index is 2.17. The van der Waals surface area contributed by atoms with E-state index in [4.69, 9.17) is 14.2 Å². The lowest BCUT2D eigenvalue weighted by Gasteiger charge is -2.26. The molecular formula is C27H33NO6. The standard InChI is InChI=1S/C27H33NO6/c1-7-34-19-11-8-17(9-12-19)23-22(25(30)26(31)28(23)14-15-32-5)24(29)18-10-13-21(33-6)20(16-18)27(2,3)4/h8-13,16,23,29H,7,14-15H2,1-6H3/b24-22-. The fourth-order valence-electron chi connectivity index (χ4n) is 4.16. The third kappa shape index (κ3) is 4.94. The molecule has 1 N–H and O–H groups in total. The molecule has 0 radical (unpaired) electrons. The van der Waals surface area contributed by atoms with Gasteiger partial charge in [-0.3, -0.25) is 9.59 Å². The molecule has 0 aliphatic carbocycles. The summed E-state index contributed by atoms with van der Waals surface area (Å²) in [5.41, 5.74) is 1.82. The van der Waals surface area contributed by atoms with Gasteiger partial charge in [-0.15, -0.1) is 0 Å². The number of hydrogen-bond acceptors (Lipinski definition) is 6. The van der Waals surface area contributed by atoms with Crippen LogP contribution in [0.5, 0.6) is 11.5 Å². The quantitative estimate of drug-likeness (QED) is 0.351. The van der Waals surface area contributed by atoms with Crippen LogP contribution in [-0.2, 0) is 19.7 Å². The Labute approximate surface area is 200 Å². The van der Waals surface area contributed by atoms with E-state index in [0.717, 1.165) is 5.56 Å². The number of likely N-dealkylation sites (tertiary alicyclic amines) is 1. The van der Waals surface area contributed by atoms with Gasteiger partial charge in [0.05, 0.1) is 31.9 Å².